The molecule has 1 N–H and O–H groups in total. The number of rotatable bonds is 5. The predicted octanol–water partition coefficient (Wildman–Crippen LogP) is 2.41. The highest BCUT2D eigenvalue weighted by molar-refractivity contribution is 6.31. The van der Waals surface area contributed by atoms with Crippen molar-refractivity contribution in [2.45, 2.75) is 20.4 Å². The lowest BCUT2D eigenvalue weighted by molar-refractivity contribution is -0.255. The van der Waals surface area contributed by atoms with Gasteiger partial charge >= 0.3 is 0 Å². The molecule has 7 nitrogen and oxygen atoms in total. The van der Waals surface area contributed by atoms with E-state index in [-0.39, 0.29) is 11.3 Å². The molecule has 0 saturated carbocycles. The number of halogens is 1. The van der Waals surface area contributed by atoms with E-state index in [4.69, 9.17) is 16.0 Å². The standard InChI is InChI=1S/C18H16ClN3O4/c1-10-16(19)11(2)22(21-10)9-14-7-8-15(26-14)17(23)20-13-5-3-12(4-6-13)18(24)25/h3-8H,9H2,1-2H3,(H,20,23)(H,24,25)/p-1. The summed E-state index contributed by atoms with van der Waals surface area (Å²) in [6, 6.07) is 8.91. The van der Waals surface area contributed by atoms with Crippen molar-refractivity contribution in [2.75, 3.05) is 5.32 Å². The SMILES string of the molecule is Cc1nn(Cc2ccc(C(=O)Nc3ccc(C(=O)[O-])cc3)o2)c(C)c1Cl. The van der Waals surface area contributed by atoms with Crippen LogP contribution in [0.1, 0.15) is 38.1 Å². The van der Waals surface area contributed by atoms with Gasteiger partial charge in [-0.3, -0.25) is 9.48 Å². The van der Waals surface area contributed by atoms with Crippen molar-refractivity contribution < 1.29 is 19.1 Å². The zero-order valence-corrected chi connectivity index (χ0v) is 14.8. The number of benzene rings is 1. The van der Waals surface area contributed by atoms with Crippen LogP contribution in [0.5, 0.6) is 0 Å². The lowest BCUT2D eigenvalue weighted by atomic mass is 10.2. The molecule has 0 aliphatic carbocycles. The number of carboxylic acids is 1. The lowest BCUT2D eigenvalue weighted by Crippen LogP contribution is -2.22. The predicted molar refractivity (Wildman–Crippen MR) is 93.2 cm³/mol. The quantitative estimate of drug-likeness (QED) is 0.741. The lowest BCUT2D eigenvalue weighted by Gasteiger charge is -2.06. The smallest absolute Gasteiger partial charge is 0.291 e. The van der Waals surface area contributed by atoms with Crippen molar-refractivity contribution in [2.24, 2.45) is 0 Å². The Hall–Kier alpha value is -3.06. The number of hydrogen-bond acceptors (Lipinski definition) is 5. The minimum atomic E-state index is -1.28. The van der Waals surface area contributed by atoms with Gasteiger partial charge in [0.15, 0.2) is 5.76 Å². The van der Waals surface area contributed by atoms with Crippen LogP contribution in [0.25, 0.3) is 0 Å². The zero-order valence-electron chi connectivity index (χ0n) is 14.1. The summed E-state index contributed by atoms with van der Waals surface area (Å²) in [4.78, 5) is 23.0. The Labute approximate surface area is 154 Å². The highest BCUT2D eigenvalue weighted by Gasteiger charge is 2.14. The number of hydrogen-bond donors (Lipinski definition) is 1. The van der Waals surface area contributed by atoms with E-state index >= 15 is 0 Å². The van der Waals surface area contributed by atoms with Crippen LogP contribution >= 0.6 is 11.6 Å². The molecule has 8 heteroatoms. The normalized spacial score (nSPS) is 10.7. The molecule has 3 aromatic rings. The summed E-state index contributed by atoms with van der Waals surface area (Å²) in [5.74, 6) is -1.02. The van der Waals surface area contributed by atoms with Crippen LogP contribution < -0.4 is 10.4 Å². The maximum Gasteiger partial charge on any atom is 0.291 e. The van der Waals surface area contributed by atoms with Gasteiger partial charge in [0.25, 0.3) is 5.91 Å². The molecule has 1 aromatic carbocycles. The Morgan fingerprint density at radius 2 is 1.88 bits per heavy atom. The number of carboxylic acid groups (broad SMARTS) is 1. The third-order valence-electron chi connectivity index (χ3n) is 3.86. The van der Waals surface area contributed by atoms with E-state index in [1.807, 2.05) is 13.8 Å². The Morgan fingerprint density at radius 1 is 1.19 bits per heavy atom. The van der Waals surface area contributed by atoms with Crippen LogP contribution in [0.3, 0.4) is 0 Å². The Morgan fingerprint density at radius 3 is 2.46 bits per heavy atom. The van der Waals surface area contributed by atoms with Crippen LogP contribution in [-0.4, -0.2) is 21.7 Å². The monoisotopic (exact) mass is 372 g/mol. The third-order valence-corrected chi connectivity index (χ3v) is 4.41. The van der Waals surface area contributed by atoms with E-state index in [1.54, 1.807) is 16.8 Å². The van der Waals surface area contributed by atoms with E-state index in [9.17, 15) is 14.7 Å². The van der Waals surface area contributed by atoms with Gasteiger partial charge in [0.1, 0.15) is 5.76 Å². The molecular weight excluding hydrogens is 358 g/mol. The highest BCUT2D eigenvalue weighted by Crippen LogP contribution is 2.20. The number of aromatic carboxylic acids is 1. The highest BCUT2D eigenvalue weighted by atomic mass is 35.5. The summed E-state index contributed by atoms with van der Waals surface area (Å²) in [6.45, 7) is 4.03. The molecule has 1 amide bonds. The summed E-state index contributed by atoms with van der Waals surface area (Å²) in [5.41, 5.74) is 2.03. The Balaban J connectivity index is 1.69. The van der Waals surface area contributed by atoms with E-state index in [0.717, 1.165) is 11.4 Å². The largest absolute Gasteiger partial charge is 0.545 e. The molecule has 2 heterocycles. The van der Waals surface area contributed by atoms with Gasteiger partial charge in [0, 0.05) is 5.69 Å². The van der Waals surface area contributed by atoms with Crippen molar-refractivity contribution in [3.8, 4) is 0 Å². The molecule has 26 heavy (non-hydrogen) atoms. The second-order valence-electron chi connectivity index (χ2n) is 5.73. The second kappa shape index (κ2) is 7.05. The first kappa shape index (κ1) is 17.8. The number of aromatic nitrogens is 2. The number of amides is 1. The summed E-state index contributed by atoms with van der Waals surface area (Å²) < 4.78 is 7.27. The van der Waals surface area contributed by atoms with Gasteiger partial charge in [-0.1, -0.05) is 23.7 Å². The topological polar surface area (TPSA) is 100 Å². The molecule has 0 saturated heterocycles. The van der Waals surface area contributed by atoms with Crippen molar-refractivity contribution in [3.05, 3.63) is 69.9 Å². The maximum absolute atomic E-state index is 12.2. The number of furan rings is 1. The minimum Gasteiger partial charge on any atom is -0.545 e. The molecule has 0 atom stereocenters. The molecule has 0 aliphatic heterocycles. The molecule has 0 radical (unpaired) electrons. The van der Waals surface area contributed by atoms with Gasteiger partial charge in [-0.2, -0.15) is 5.10 Å². The summed E-state index contributed by atoms with van der Waals surface area (Å²) >= 11 is 6.12. The van der Waals surface area contributed by atoms with Gasteiger partial charge in [-0.05, 0) is 43.7 Å². The fraction of sp³-hybridized carbons (Fsp3) is 0.167. The van der Waals surface area contributed by atoms with Crippen molar-refractivity contribution in [1.82, 2.24) is 9.78 Å². The van der Waals surface area contributed by atoms with Gasteiger partial charge < -0.3 is 19.6 Å². The fourth-order valence-electron chi connectivity index (χ4n) is 2.44. The number of carbonyl (C=O) groups is 2. The van der Waals surface area contributed by atoms with Crippen LogP contribution in [0.2, 0.25) is 5.02 Å². The number of carbonyl (C=O) groups excluding carboxylic acids is 2. The number of aryl methyl sites for hydroxylation is 1. The Bertz CT molecular complexity index is 973. The molecule has 2 aromatic heterocycles. The average Bonchev–Trinajstić information content (AvgIpc) is 3.17. The zero-order chi connectivity index (χ0) is 18.8. The van der Waals surface area contributed by atoms with Crippen LogP contribution in [-0.2, 0) is 6.54 Å². The van der Waals surface area contributed by atoms with Crippen LogP contribution in [0, 0.1) is 13.8 Å². The van der Waals surface area contributed by atoms with E-state index in [1.165, 1.54) is 24.3 Å². The van der Waals surface area contributed by atoms with Gasteiger partial charge in [-0.15, -0.1) is 0 Å². The summed E-state index contributed by atoms with van der Waals surface area (Å²) in [5, 5.41) is 18.3. The molecule has 0 spiro atoms. The fourth-order valence-corrected chi connectivity index (χ4v) is 2.58. The van der Waals surface area contributed by atoms with Crippen LogP contribution in [0.15, 0.2) is 40.8 Å². The van der Waals surface area contributed by atoms with E-state index < -0.39 is 11.9 Å². The first-order valence-corrected chi connectivity index (χ1v) is 8.14. The third kappa shape index (κ3) is 3.62. The van der Waals surface area contributed by atoms with E-state index in [2.05, 4.69) is 10.4 Å². The van der Waals surface area contributed by atoms with Gasteiger partial charge in [0.2, 0.25) is 0 Å². The first-order valence-electron chi connectivity index (χ1n) is 7.76. The van der Waals surface area contributed by atoms with E-state index in [0.29, 0.717) is 23.0 Å². The van der Waals surface area contributed by atoms with Crippen molar-refractivity contribution >= 4 is 29.2 Å². The van der Waals surface area contributed by atoms with Crippen LogP contribution in [0.4, 0.5) is 5.69 Å². The first-order chi connectivity index (χ1) is 12.3. The van der Waals surface area contributed by atoms with Gasteiger partial charge in [0.05, 0.1) is 28.9 Å². The molecule has 3 rings (SSSR count). The van der Waals surface area contributed by atoms with Crippen molar-refractivity contribution in [1.29, 1.82) is 0 Å². The number of nitrogens with one attached hydrogen (secondary N) is 1. The Kier molecular flexibility index (Phi) is 4.81. The summed E-state index contributed by atoms with van der Waals surface area (Å²) in [7, 11) is 0. The van der Waals surface area contributed by atoms with Crippen molar-refractivity contribution in [3.63, 3.8) is 0 Å². The maximum atomic E-state index is 12.2. The molecule has 0 aliphatic rings. The number of nitrogens with zero attached hydrogens (tertiary/aromatic N) is 2. The van der Waals surface area contributed by atoms with Gasteiger partial charge in [-0.25, -0.2) is 0 Å². The molecular formula is C18H15ClN3O4-. The molecule has 134 valence electrons. The summed E-state index contributed by atoms with van der Waals surface area (Å²) in [6.07, 6.45) is 0. The molecule has 0 bridgehead atoms. The number of anilines is 1. The molecule has 0 unspecified atom stereocenters. The second-order valence-corrected chi connectivity index (χ2v) is 6.11. The average molecular weight is 373 g/mol. The molecule has 0 fully saturated rings. The minimum absolute atomic E-state index is 0.0341.